The van der Waals surface area contributed by atoms with Gasteiger partial charge in [0.15, 0.2) is 0 Å². The molecule has 1 heterocycles. The highest BCUT2D eigenvalue weighted by atomic mass is 16.1. The van der Waals surface area contributed by atoms with Crippen LogP contribution in [0.2, 0.25) is 0 Å². The highest BCUT2D eigenvalue weighted by molar-refractivity contribution is 5.00. The molecule has 1 aromatic rings. The molecular weight excluding hydrogens is 154 g/mol. The second-order valence-electron chi connectivity index (χ2n) is 2.73. The zero-order chi connectivity index (χ0) is 8.97. The summed E-state index contributed by atoms with van der Waals surface area (Å²) in [6.07, 6.45) is 1.60. The molecule has 0 unspecified atom stereocenters. The molecule has 0 aromatic carbocycles. The molecule has 0 aliphatic heterocycles. The van der Waals surface area contributed by atoms with Gasteiger partial charge in [-0.15, -0.1) is 0 Å². The molecule has 0 aliphatic carbocycles. The van der Waals surface area contributed by atoms with Crippen LogP contribution in [-0.4, -0.2) is 16.5 Å². The smallest absolute Gasteiger partial charge is 0.251 e. The Morgan fingerprint density at radius 2 is 2.42 bits per heavy atom. The van der Waals surface area contributed by atoms with Gasteiger partial charge in [0.2, 0.25) is 0 Å². The van der Waals surface area contributed by atoms with Crippen molar-refractivity contribution in [3.63, 3.8) is 0 Å². The van der Waals surface area contributed by atoms with Crippen molar-refractivity contribution >= 4 is 0 Å². The fraction of sp³-hybridized carbons (Fsp3) is 0.500. The Kier molecular flexibility index (Phi) is 2.99. The lowest BCUT2D eigenvalue weighted by atomic mass is 10.3. The Morgan fingerprint density at radius 3 is 3.00 bits per heavy atom. The monoisotopic (exact) mass is 167 g/mol. The maximum absolute atomic E-state index is 10.9. The minimum atomic E-state index is -0.0884. The van der Waals surface area contributed by atoms with E-state index in [0.717, 1.165) is 24.4 Å². The average Bonchev–Trinajstić information content (AvgIpc) is 1.99. The summed E-state index contributed by atoms with van der Waals surface area (Å²) in [6.45, 7) is 2.43. The topological polar surface area (TPSA) is 71.8 Å². The van der Waals surface area contributed by atoms with Gasteiger partial charge in [-0.1, -0.05) is 0 Å². The number of aromatic amines is 1. The number of aromatic nitrogens is 2. The van der Waals surface area contributed by atoms with Crippen molar-refractivity contribution in [1.29, 1.82) is 0 Å². The molecule has 0 saturated heterocycles. The number of H-pyrrole nitrogens is 1. The Morgan fingerprint density at radius 1 is 1.67 bits per heavy atom. The second kappa shape index (κ2) is 4.01. The van der Waals surface area contributed by atoms with Crippen LogP contribution in [0.1, 0.15) is 17.9 Å². The van der Waals surface area contributed by atoms with Gasteiger partial charge < -0.3 is 10.7 Å². The van der Waals surface area contributed by atoms with E-state index < -0.39 is 0 Å². The first-order valence-corrected chi connectivity index (χ1v) is 3.99. The molecule has 0 aliphatic rings. The molecule has 4 nitrogen and oxygen atoms in total. The third-order valence-corrected chi connectivity index (χ3v) is 1.54. The maximum Gasteiger partial charge on any atom is 0.251 e. The van der Waals surface area contributed by atoms with E-state index in [0.29, 0.717) is 6.54 Å². The summed E-state index contributed by atoms with van der Waals surface area (Å²) in [6, 6.07) is 1.48. The van der Waals surface area contributed by atoms with Crippen molar-refractivity contribution < 1.29 is 0 Å². The van der Waals surface area contributed by atoms with Gasteiger partial charge in [-0.25, -0.2) is 4.98 Å². The third-order valence-electron chi connectivity index (χ3n) is 1.54. The van der Waals surface area contributed by atoms with Gasteiger partial charge in [0.25, 0.3) is 5.56 Å². The summed E-state index contributed by atoms with van der Waals surface area (Å²) in [5, 5.41) is 0. The molecule has 0 atom stereocenters. The molecule has 0 bridgehead atoms. The number of aryl methyl sites for hydroxylation is 2. The molecule has 12 heavy (non-hydrogen) atoms. The van der Waals surface area contributed by atoms with E-state index in [1.54, 1.807) is 6.92 Å². The van der Waals surface area contributed by atoms with Crippen LogP contribution in [-0.2, 0) is 6.42 Å². The summed E-state index contributed by atoms with van der Waals surface area (Å²) in [5.41, 5.74) is 6.00. The van der Waals surface area contributed by atoms with Crippen molar-refractivity contribution in [3.05, 3.63) is 27.9 Å². The molecule has 0 fully saturated rings. The SMILES string of the molecule is Cc1cc(=O)[nH]c(CCCN)n1. The summed E-state index contributed by atoms with van der Waals surface area (Å²) in [4.78, 5) is 17.8. The van der Waals surface area contributed by atoms with Gasteiger partial charge in [0.1, 0.15) is 5.82 Å². The van der Waals surface area contributed by atoms with Gasteiger partial charge in [-0.05, 0) is 19.9 Å². The second-order valence-corrected chi connectivity index (χ2v) is 2.73. The fourth-order valence-electron chi connectivity index (χ4n) is 1.03. The van der Waals surface area contributed by atoms with Crippen molar-refractivity contribution in [1.82, 2.24) is 9.97 Å². The summed E-state index contributed by atoms with van der Waals surface area (Å²) < 4.78 is 0. The van der Waals surface area contributed by atoms with Crippen molar-refractivity contribution in [2.45, 2.75) is 19.8 Å². The predicted octanol–water partition coefficient (Wildman–Crippen LogP) is -0.0304. The first kappa shape index (κ1) is 8.93. The quantitative estimate of drug-likeness (QED) is 0.664. The molecule has 4 heteroatoms. The van der Waals surface area contributed by atoms with E-state index in [2.05, 4.69) is 9.97 Å². The van der Waals surface area contributed by atoms with E-state index in [1.807, 2.05) is 0 Å². The lowest BCUT2D eigenvalue weighted by Crippen LogP contribution is -2.12. The van der Waals surface area contributed by atoms with Crippen LogP contribution in [0.4, 0.5) is 0 Å². The number of nitrogens with zero attached hydrogens (tertiary/aromatic N) is 1. The Labute approximate surface area is 70.8 Å². The minimum Gasteiger partial charge on any atom is -0.330 e. The fourth-order valence-corrected chi connectivity index (χ4v) is 1.03. The number of nitrogens with two attached hydrogens (primary N) is 1. The molecule has 66 valence electrons. The summed E-state index contributed by atoms with van der Waals surface area (Å²) in [5.74, 6) is 0.727. The van der Waals surface area contributed by atoms with Crippen LogP contribution in [0.15, 0.2) is 10.9 Å². The maximum atomic E-state index is 10.9. The highest BCUT2D eigenvalue weighted by Gasteiger charge is 1.96. The molecular formula is C8H13N3O. The molecule has 1 aromatic heterocycles. The highest BCUT2D eigenvalue weighted by Crippen LogP contribution is 1.93. The van der Waals surface area contributed by atoms with Crippen LogP contribution in [0, 0.1) is 6.92 Å². The van der Waals surface area contributed by atoms with Crippen LogP contribution < -0.4 is 11.3 Å². The molecule has 0 saturated carbocycles. The molecule has 0 amide bonds. The summed E-state index contributed by atoms with van der Waals surface area (Å²) >= 11 is 0. The van der Waals surface area contributed by atoms with E-state index in [4.69, 9.17) is 5.73 Å². The zero-order valence-electron chi connectivity index (χ0n) is 7.13. The van der Waals surface area contributed by atoms with Gasteiger partial charge in [0, 0.05) is 18.2 Å². The predicted molar refractivity (Wildman–Crippen MR) is 47.0 cm³/mol. The van der Waals surface area contributed by atoms with Crippen LogP contribution in [0.5, 0.6) is 0 Å². The van der Waals surface area contributed by atoms with E-state index in [-0.39, 0.29) is 5.56 Å². The molecule has 0 spiro atoms. The van der Waals surface area contributed by atoms with E-state index >= 15 is 0 Å². The largest absolute Gasteiger partial charge is 0.330 e. The molecule has 3 N–H and O–H groups in total. The lowest BCUT2D eigenvalue weighted by Gasteiger charge is -1.98. The first-order valence-electron chi connectivity index (χ1n) is 3.99. The third kappa shape index (κ3) is 2.47. The Hall–Kier alpha value is -1.16. The van der Waals surface area contributed by atoms with Crippen LogP contribution in [0.3, 0.4) is 0 Å². The standard InChI is InChI=1S/C8H13N3O/c1-6-5-8(12)11-7(10-6)3-2-4-9/h5H,2-4,9H2,1H3,(H,10,11,12). The van der Waals surface area contributed by atoms with Gasteiger partial charge in [-0.2, -0.15) is 0 Å². The van der Waals surface area contributed by atoms with Gasteiger partial charge in [0.05, 0.1) is 0 Å². The molecule has 0 radical (unpaired) electrons. The summed E-state index contributed by atoms with van der Waals surface area (Å²) in [7, 11) is 0. The number of nitrogens with one attached hydrogen (secondary N) is 1. The van der Waals surface area contributed by atoms with Crippen molar-refractivity contribution in [2.75, 3.05) is 6.54 Å². The first-order chi connectivity index (χ1) is 5.72. The molecule has 1 rings (SSSR count). The van der Waals surface area contributed by atoms with Gasteiger partial charge in [-0.3, -0.25) is 4.79 Å². The normalized spacial score (nSPS) is 10.2. The Balaban J connectivity index is 2.79. The van der Waals surface area contributed by atoms with Crippen molar-refractivity contribution in [2.24, 2.45) is 5.73 Å². The average molecular weight is 167 g/mol. The van der Waals surface area contributed by atoms with E-state index in [1.165, 1.54) is 6.07 Å². The zero-order valence-corrected chi connectivity index (χ0v) is 7.13. The van der Waals surface area contributed by atoms with E-state index in [9.17, 15) is 4.79 Å². The Bertz CT molecular complexity index is 305. The number of hydrogen-bond donors (Lipinski definition) is 2. The minimum absolute atomic E-state index is 0.0884. The number of rotatable bonds is 3. The van der Waals surface area contributed by atoms with Crippen molar-refractivity contribution in [3.8, 4) is 0 Å². The number of hydrogen-bond acceptors (Lipinski definition) is 3. The van der Waals surface area contributed by atoms with Crippen LogP contribution in [0.25, 0.3) is 0 Å². The van der Waals surface area contributed by atoms with Crippen LogP contribution >= 0.6 is 0 Å². The van der Waals surface area contributed by atoms with Gasteiger partial charge >= 0.3 is 0 Å². The lowest BCUT2D eigenvalue weighted by molar-refractivity contribution is 0.769.